The van der Waals surface area contributed by atoms with Gasteiger partial charge in [-0.3, -0.25) is 4.98 Å². The van der Waals surface area contributed by atoms with Crippen molar-refractivity contribution in [3.8, 4) is 0 Å². The van der Waals surface area contributed by atoms with Crippen molar-refractivity contribution >= 4 is 0 Å². The first-order valence-electron chi connectivity index (χ1n) is 6.44. The zero-order valence-electron chi connectivity index (χ0n) is 11.6. The smallest absolute Gasteiger partial charge is 0.128 e. The Labute approximate surface area is 113 Å². The molecular formula is C16H19FN2. The van der Waals surface area contributed by atoms with Crippen molar-refractivity contribution in [3.63, 3.8) is 0 Å². The third-order valence-corrected chi connectivity index (χ3v) is 3.37. The van der Waals surface area contributed by atoms with Gasteiger partial charge >= 0.3 is 0 Å². The Kier molecular flexibility index (Phi) is 4.27. The second-order valence-electron chi connectivity index (χ2n) is 4.88. The number of nitrogens with one attached hydrogen (secondary N) is 1. The molecule has 1 heterocycles. The van der Waals surface area contributed by atoms with Gasteiger partial charge in [0.15, 0.2) is 0 Å². The molecule has 1 atom stereocenters. The van der Waals surface area contributed by atoms with Crippen LogP contribution >= 0.6 is 0 Å². The number of nitrogens with zero attached hydrogens (tertiary/aromatic N) is 1. The van der Waals surface area contributed by atoms with Crippen LogP contribution in [-0.4, -0.2) is 12.0 Å². The topological polar surface area (TPSA) is 24.9 Å². The van der Waals surface area contributed by atoms with Crippen molar-refractivity contribution in [2.24, 2.45) is 0 Å². The lowest BCUT2D eigenvalue weighted by atomic mass is 9.94. The second kappa shape index (κ2) is 5.93. The van der Waals surface area contributed by atoms with Gasteiger partial charge in [0.05, 0.1) is 0 Å². The molecule has 19 heavy (non-hydrogen) atoms. The van der Waals surface area contributed by atoms with E-state index in [0.29, 0.717) is 0 Å². The average Bonchev–Trinajstić information content (AvgIpc) is 2.37. The number of hydrogen-bond donors (Lipinski definition) is 1. The molecule has 2 aromatic rings. The highest BCUT2D eigenvalue weighted by atomic mass is 19.1. The molecule has 0 saturated carbocycles. The first kappa shape index (κ1) is 13.7. The lowest BCUT2D eigenvalue weighted by Gasteiger charge is -2.20. The minimum absolute atomic E-state index is 0.0250. The van der Waals surface area contributed by atoms with Crippen molar-refractivity contribution in [2.75, 3.05) is 7.05 Å². The average molecular weight is 258 g/mol. The fraction of sp³-hybridized carbons (Fsp3) is 0.312. The highest BCUT2D eigenvalue weighted by Gasteiger charge is 2.17. The van der Waals surface area contributed by atoms with Crippen LogP contribution in [0.1, 0.15) is 28.3 Å². The number of rotatable bonds is 4. The molecule has 0 aliphatic rings. The Morgan fingerprint density at radius 2 is 1.89 bits per heavy atom. The number of pyridine rings is 1. The maximum atomic E-state index is 14.2. The van der Waals surface area contributed by atoms with Gasteiger partial charge in [0, 0.05) is 24.0 Å². The minimum atomic E-state index is -0.133. The van der Waals surface area contributed by atoms with Gasteiger partial charge in [0.2, 0.25) is 0 Å². The number of benzene rings is 1. The van der Waals surface area contributed by atoms with Crippen LogP contribution in [0.2, 0.25) is 0 Å². The number of aryl methyl sites for hydroxylation is 2. The van der Waals surface area contributed by atoms with Gasteiger partial charge in [-0.1, -0.05) is 6.07 Å². The molecule has 1 aromatic carbocycles. The van der Waals surface area contributed by atoms with Crippen molar-refractivity contribution in [1.82, 2.24) is 10.3 Å². The molecule has 0 saturated heterocycles. The Bertz CT molecular complexity index is 529. The summed E-state index contributed by atoms with van der Waals surface area (Å²) >= 11 is 0. The monoisotopic (exact) mass is 258 g/mol. The highest BCUT2D eigenvalue weighted by molar-refractivity contribution is 5.35. The molecule has 1 aromatic heterocycles. The molecule has 0 aliphatic heterocycles. The lowest BCUT2D eigenvalue weighted by Crippen LogP contribution is -2.21. The van der Waals surface area contributed by atoms with Crippen LogP contribution in [0.5, 0.6) is 0 Å². The summed E-state index contributed by atoms with van der Waals surface area (Å²) in [4.78, 5) is 4.00. The van der Waals surface area contributed by atoms with E-state index in [1.165, 1.54) is 0 Å². The summed E-state index contributed by atoms with van der Waals surface area (Å²) in [6.45, 7) is 3.87. The maximum absolute atomic E-state index is 14.2. The molecule has 100 valence electrons. The molecule has 2 nitrogen and oxygen atoms in total. The van der Waals surface area contributed by atoms with E-state index in [-0.39, 0.29) is 11.9 Å². The predicted octanol–water partition coefficient (Wildman–Crippen LogP) is 3.34. The zero-order valence-corrected chi connectivity index (χ0v) is 11.6. The molecule has 0 spiro atoms. The van der Waals surface area contributed by atoms with Gasteiger partial charge in [-0.2, -0.15) is 0 Å². The summed E-state index contributed by atoms with van der Waals surface area (Å²) in [7, 11) is 1.87. The van der Waals surface area contributed by atoms with Gasteiger partial charge in [-0.15, -0.1) is 0 Å². The Balaban J connectivity index is 2.32. The molecule has 1 unspecified atom stereocenters. The van der Waals surface area contributed by atoms with Crippen LogP contribution in [0.25, 0.3) is 0 Å². The maximum Gasteiger partial charge on any atom is 0.128 e. The molecule has 1 N–H and O–H groups in total. The van der Waals surface area contributed by atoms with Crippen molar-refractivity contribution in [1.29, 1.82) is 0 Å². The molecule has 0 fully saturated rings. The van der Waals surface area contributed by atoms with E-state index in [9.17, 15) is 4.39 Å². The van der Waals surface area contributed by atoms with Gasteiger partial charge in [-0.25, -0.2) is 4.39 Å². The van der Waals surface area contributed by atoms with E-state index in [0.717, 1.165) is 28.7 Å². The first-order chi connectivity index (χ1) is 9.11. The minimum Gasteiger partial charge on any atom is -0.313 e. The highest BCUT2D eigenvalue weighted by Crippen LogP contribution is 2.25. The Hall–Kier alpha value is -1.74. The number of hydrogen-bond acceptors (Lipinski definition) is 2. The van der Waals surface area contributed by atoms with E-state index in [2.05, 4.69) is 10.3 Å². The number of likely N-dealkylation sites (N-methyl/N-ethyl adjacent to an activating group) is 1. The van der Waals surface area contributed by atoms with E-state index in [4.69, 9.17) is 0 Å². The van der Waals surface area contributed by atoms with Gasteiger partial charge in [0.1, 0.15) is 5.82 Å². The molecular weight excluding hydrogens is 239 g/mol. The molecule has 2 rings (SSSR count). The van der Waals surface area contributed by atoms with Crippen molar-refractivity contribution in [2.45, 2.75) is 26.3 Å². The summed E-state index contributed by atoms with van der Waals surface area (Å²) in [5.74, 6) is -0.133. The summed E-state index contributed by atoms with van der Waals surface area (Å²) in [5.41, 5.74) is 3.85. The summed E-state index contributed by atoms with van der Waals surface area (Å²) < 4.78 is 14.2. The number of aromatic nitrogens is 1. The van der Waals surface area contributed by atoms with Crippen LogP contribution in [0.3, 0.4) is 0 Å². The summed E-state index contributed by atoms with van der Waals surface area (Å²) in [5, 5.41) is 3.21. The zero-order chi connectivity index (χ0) is 13.8. The largest absolute Gasteiger partial charge is 0.313 e. The normalized spacial score (nSPS) is 12.4. The van der Waals surface area contributed by atoms with Crippen LogP contribution in [0, 0.1) is 19.7 Å². The predicted molar refractivity (Wildman–Crippen MR) is 75.6 cm³/mol. The summed E-state index contributed by atoms with van der Waals surface area (Å²) in [6, 6.07) is 7.52. The fourth-order valence-corrected chi connectivity index (χ4v) is 2.47. The van der Waals surface area contributed by atoms with E-state index in [1.807, 2.05) is 39.1 Å². The second-order valence-corrected chi connectivity index (χ2v) is 4.88. The summed E-state index contributed by atoms with van der Waals surface area (Å²) in [6.07, 6.45) is 4.28. The first-order valence-corrected chi connectivity index (χ1v) is 6.44. The molecule has 0 amide bonds. The molecule has 0 bridgehead atoms. The van der Waals surface area contributed by atoms with Gasteiger partial charge in [-0.05, 0) is 62.2 Å². The van der Waals surface area contributed by atoms with E-state index >= 15 is 0 Å². The third kappa shape index (κ3) is 3.18. The van der Waals surface area contributed by atoms with Gasteiger partial charge < -0.3 is 5.32 Å². The van der Waals surface area contributed by atoms with Crippen LogP contribution in [0.4, 0.5) is 4.39 Å². The third-order valence-electron chi connectivity index (χ3n) is 3.37. The van der Waals surface area contributed by atoms with Crippen molar-refractivity contribution in [3.05, 3.63) is 64.7 Å². The van der Waals surface area contributed by atoms with Crippen LogP contribution in [-0.2, 0) is 6.42 Å². The Morgan fingerprint density at radius 1 is 1.21 bits per heavy atom. The lowest BCUT2D eigenvalue weighted by molar-refractivity contribution is 0.530. The van der Waals surface area contributed by atoms with E-state index in [1.54, 1.807) is 18.5 Å². The SMILES string of the molecule is CNC(Cc1ccncc1)c1c(C)cc(C)cc1F. The Morgan fingerprint density at radius 3 is 2.47 bits per heavy atom. The molecule has 3 heteroatoms. The molecule has 0 aliphatic carbocycles. The standard InChI is InChI=1S/C16H19FN2/c1-11-8-12(2)16(14(17)9-11)15(18-3)10-13-4-6-19-7-5-13/h4-9,15,18H,10H2,1-3H3. The quantitative estimate of drug-likeness (QED) is 0.909. The molecule has 0 radical (unpaired) electrons. The number of halogens is 1. The van der Waals surface area contributed by atoms with Crippen molar-refractivity contribution < 1.29 is 4.39 Å². The fourth-order valence-electron chi connectivity index (χ4n) is 2.47. The van der Waals surface area contributed by atoms with E-state index < -0.39 is 0 Å². The van der Waals surface area contributed by atoms with Crippen LogP contribution in [0.15, 0.2) is 36.7 Å². The van der Waals surface area contributed by atoms with Crippen LogP contribution < -0.4 is 5.32 Å². The van der Waals surface area contributed by atoms with Gasteiger partial charge in [0.25, 0.3) is 0 Å².